The maximum atomic E-state index is 5.63. The van der Waals surface area contributed by atoms with Crippen LogP contribution in [-0.4, -0.2) is 19.8 Å². The van der Waals surface area contributed by atoms with E-state index in [-0.39, 0.29) is 0 Å². The molecule has 0 radical (unpaired) electrons. The van der Waals surface area contributed by atoms with E-state index in [0.29, 0.717) is 19.1 Å². The smallest absolute Gasteiger partial charge is 0.133 e. The van der Waals surface area contributed by atoms with Crippen LogP contribution in [-0.2, 0) is 4.74 Å². The van der Waals surface area contributed by atoms with Crippen molar-refractivity contribution in [3.8, 4) is 5.75 Å². The molecule has 16 heavy (non-hydrogen) atoms. The van der Waals surface area contributed by atoms with E-state index in [2.05, 4.69) is 29.8 Å². The molecule has 0 heterocycles. The van der Waals surface area contributed by atoms with Gasteiger partial charge in [0, 0.05) is 12.3 Å². The molecule has 0 saturated carbocycles. The lowest BCUT2D eigenvalue weighted by atomic mass is 10.2. The average molecular weight is 288 g/mol. The Morgan fingerprint density at radius 3 is 2.69 bits per heavy atom. The highest BCUT2D eigenvalue weighted by Gasteiger charge is 2.01. The topological polar surface area (TPSA) is 44.5 Å². The number of rotatable bonds is 6. The number of hydrogen-bond acceptors (Lipinski definition) is 3. The SMILES string of the molecule is CC(C)COCCOc1ccc(N)cc1Br. The molecule has 0 saturated heterocycles. The predicted molar refractivity (Wildman–Crippen MR) is 69.7 cm³/mol. The standard InChI is InChI=1S/C12H18BrNO2/c1-9(2)8-15-5-6-16-12-4-3-10(14)7-11(12)13/h3-4,7,9H,5-6,8,14H2,1-2H3. The fourth-order valence-electron chi connectivity index (χ4n) is 1.16. The van der Waals surface area contributed by atoms with Crippen LogP contribution in [0.1, 0.15) is 13.8 Å². The van der Waals surface area contributed by atoms with Gasteiger partial charge < -0.3 is 15.2 Å². The first-order valence-electron chi connectivity index (χ1n) is 5.35. The molecule has 1 aromatic carbocycles. The number of nitrogens with two attached hydrogens (primary N) is 1. The van der Waals surface area contributed by atoms with E-state index < -0.39 is 0 Å². The van der Waals surface area contributed by atoms with Gasteiger partial charge in [0.25, 0.3) is 0 Å². The molecule has 0 aromatic heterocycles. The summed E-state index contributed by atoms with van der Waals surface area (Å²) in [7, 11) is 0. The summed E-state index contributed by atoms with van der Waals surface area (Å²) in [6.07, 6.45) is 0. The minimum atomic E-state index is 0.551. The van der Waals surface area contributed by atoms with E-state index in [4.69, 9.17) is 15.2 Å². The first kappa shape index (κ1) is 13.3. The highest BCUT2D eigenvalue weighted by atomic mass is 79.9. The van der Waals surface area contributed by atoms with E-state index in [1.807, 2.05) is 18.2 Å². The van der Waals surface area contributed by atoms with Gasteiger partial charge >= 0.3 is 0 Å². The van der Waals surface area contributed by atoms with Crippen molar-refractivity contribution in [2.75, 3.05) is 25.6 Å². The number of anilines is 1. The Bertz CT molecular complexity index is 329. The Hall–Kier alpha value is -0.740. The summed E-state index contributed by atoms with van der Waals surface area (Å²) in [5.74, 6) is 1.35. The largest absolute Gasteiger partial charge is 0.490 e. The fourth-order valence-corrected chi connectivity index (χ4v) is 1.67. The molecule has 1 aromatic rings. The fraction of sp³-hybridized carbons (Fsp3) is 0.500. The Labute approximate surface area is 105 Å². The zero-order chi connectivity index (χ0) is 12.0. The molecule has 90 valence electrons. The van der Waals surface area contributed by atoms with Gasteiger partial charge in [0.15, 0.2) is 0 Å². The summed E-state index contributed by atoms with van der Waals surface area (Å²) in [4.78, 5) is 0. The van der Waals surface area contributed by atoms with Crippen LogP contribution >= 0.6 is 15.9 Å². The molecule has 3 nitrogen and oxygen atoms in total. The zero-order valence-electron chi connectivity index (χ0n) is 9.70. The van der Waals surface area contributed by atoms with Gasteiger partial charge in [-0.15, -0.1) is 0 Å². The molecular formula is C12H18BrNO2. The lowest BCUT2D eigenvalue weighted by Crippen LogP contribution is -2.10. The van der Waals surface area contributed by atoms with Crippen molar-refractivity contribution in [1.29, 1.82) is 0 Å². The van der Waals surface area contributed by atoms with Gasteiger partial charge in [-0.25, -0.2) is 0 Å². The third kappa shape index (κ3) is 4.86. The molecule has 0 aliphatic rings. The van der Waals surface area contributed by atoms with E-state index in [0.717, 1.165) is 22.5 Å². The molecule has 0 aliphatic carbocycles. The number of benzene rings is 1. The Kier molecular flexibility index (Phi) is 5.63. The summed E-state index contributed by atoms with van der Waals surface area (Å²) >= 11 is 3.39. The monoisotopic (exact) mass is 287 g/mol. The molecule has 1 rings (SSSR count). The van der Waals surface area contributed by atoms with Gasteiger partial charge in [-0.05, 0) is 40.0 Å². The van der Waals surface area contributed by atoms with Crippen LogP contribution in [0.2, 0.25) is 0 Å². The Morgan fingerprint density at radius 2 is 2.06 bits per heavy atom. The molecule has 0 amide bonds. The maximum absolute atomic E-state index is 5.63. The molecule has 0 atom stereocenters. The highest BCUT2D eigenvalue weighted by Crippen LogP contribution is 2.26. The minimum absolute atomic E-state index is 0.551. The van der Waals surface area contributed by atoms with Crippen molar-refractivity contribution in [1.82, 2.24) is 0 Å². The number of hydrogen-bond donors (Lipinski definition) is 1. The molecule has 0 bridgehead atoms. The van der Waals surface area contributed by atoms with Crippen LogP contribution in [0.15, 0.2) is 22.7 Å². The van der Waals surface area contributed by atoms with Crippen LogP contribution in [0.4, 0.5) is 5.69 Å². The van der Waals surface area contributed by atoms with Gasteiger partial charge in [0.1, 0.15) is 12.4 Å². The number of ether oxygens (including phenoxy) is 2. The zero-order valence-corrected chi connectivity index (χ0v) is 11.3. The van der Waals surface area contributed by atoms with Crippen LogP contribution in [0.25, 0.3) is 0 Å². The number of halogens is 1. The lowest BCUT2D eigenvalue weighted by molar-refractivity contribution is 0.0817. The average Bonchev–Trinajstić information content (AvgIpc) is 2.20. The quantitative estimate of drug-likeness (QED) is 0.646. The predicted octanol–water partition coefficient (Wildman–Crippen LogP) is 3.08. The van der Waals surface area contributed by atoms with Crippen molar-refractivity contribution in [2.45, 2.75) is 13.8 Å². The second-order valence-corrected chi connectivity index (χ2v) is 4.86. The van der Waals surface area contributed by atoms with Crippen LogP contribution in [0.3, 0.4) is 0 Å². The normalized spacial score (nSPS) is 10.8. The summed E-state index contributed by atoms with van der Waals surface area (Å²) in [6, 6.07) is 5.49. The lowest BCUT2D eigenvalue weighted by Gasteiger charge is -2.10. The minimum Gasteiger partial charge on any atom is -0.490 e. The van der Waals surface area contributed by atoms with E-state index in [1.165, 1.54) is 0 Å². The van der Waals surface area contributed by atoms with Crippen molar-refractivity contribution >= 4 is 21.6 Å². The van der Waals surface area contributed by atoms with Crippen LogP contribution in [0, 0.1) is 5.92 Å². The molecule has 0 aliphatic heterocycles. The van der Waals surface area contributed by atoms with Gasteiger partial charge in [-0.2, -0.15) is 0 Å². The molecular weight excluding hydrogens is 270 g/mol. The molecule has 2 N–H and O–H groups in total. The third-order valence-electron chi connectivity index (χ3n) is 1.89. The third-order valence-corrected chi connectivity index (χ3v) is 2.51. The Balaban J connectivity index is 2.27. The second kappa shape index (κ2) is 6.76. The summed E-state index contributed by atoms with van der Waals surface area (Å²) in [6.45, 7) is 6.17. The molecule has 4 heteroatoms. The summed E-state index contributed by atoms with van der Waals surface area (Å²) < 4.78 is 11.8. The molecule has 0 unspecified atom stereocenters. The summed E-state index contributed by atoms with van der Waals surface area (Å²) in [5, 5.41) is 0. The first-order valence-corrected chi connectivity index (χ1v) is 6.14. The van der Waals surface area contributed by atoms with Crippen molar-refractivity contribution < 1.29 is 9.47 Å². The van der Waals surface area contributed by atoms with Gasteiger partial charge in [-0.3, -0.25) is 0 Å². The van der Waals surface area contributed by atoms with E-state index >= 15 is 0 Å². The molecule has 0 fully saturated rings. The maximum Gasteiger partial charge on any atom is 0.133 e. The van der Waals surface area contributed by atoms with E-state index in [1.54, 1.807) is 0 Å². The van der Waals surface area contributed by atoms with E-state index in [9.17, 15) is 0 Å². The number of nitrogen functional groups attached to an aromatic ring is 1. The highest BCUT2D eigenvalue weighted by molar-refractivity contribution is 9.10. The van der Waals surface area contributed by atoms with Crippen molar-refractivity contribution in [3.63, 3.8) is 0 Å². The van der Waals surface area contributed by atoms with Crippen LogP contribution < -0.4 is 10.5 Å². The molecule has 0 spiro atoms. The van der Waals surface area contributed by atoms with Crippen LogP contribution in [0.5, 0.6) is 5.75 Å². The van der Waals surface area contributed by atoms with Gasteiger partial charge in [0.05, 0.1) is 11.1 Å². The van der Waals surface area contributed by atoms with Crippen molar-refractivity contribution in [3.05, 3.63) is 22.7 Å². The van der Waals surface area contributed by atoms with Crippen molar-refractivity contribution in [2.24, 2.45) is 5.92 Å². The first-order chi connectivity index (χ1) is 7.59. The van der Waals surface area contributed by atoms with Gasteiger partial charge in [0.2, 0.25) is 0 Å². The second-order valence-electron chi connectivity index (χ2n) is 4.01. The van der Waals surface area contributed by atoms with Gasteiger partial charge in [-0.1, -0.05) is 13.8 Å². The Morgan fingerprint density at radius 1 is 1.31 bits per heavy atom. The summed E-state index contributed by atoms with van der Waals surface area (Å²) in [5.41, 5.74) is 6.34.